The van der Waals surface area contributed by atoms with Gasteiger partial charge in [-0.2, -0.15) is 0 Å². The zero-order valence-corrected chi connectivity index (χ0v) is 13.7. The quantitative estimate of drug-likeness (QED) is 0.925. The summed E-state index contributed by atoms with van der Waals surface area (Å²) in [7, 11) is 0. The van der Waals surface area contributed by atoms with Crippen molar-refractivity contribution in [3.8, 4) is 0 Å². The van der Waals surface area contributed by atoms with E-state index in [1.165, 1.54) is 12.1 Å². The number of carbonyl (C=O) groups excluding carboxylic acids is 1. The molecule has 2 bridgehead atoms. The lowest BCUT2D eigenvalue weighted by molar-refractivity contribution is 0.0736. The Morgan fingerprint density at radius 1 is 1.08 bits per heavy atom. The topological polar surface area (TPSA) is 41.6 Å². The summed E-state index contributed by atoms with van der Waals surface area (Å²) in [6.45, 7) is 1.64. The van der Waals surface area contributed by atoms with Gasteiger partial charge in [-0.15, -0.1) is 0 Å². The standard InChI is InChI=1S/C19H23FN2O2/c20-13-5-3-12(4-6-13)18(11-1-2-11)21-19(23)22-9-14-15(10-22)17-8-7-16(14)24-17/h3-6,11,14-18H,1-2,7-10H2,(H,21,23)/t14-,15+,16-,17-,18+/m1/s1. The van der Waals surface area contributed by atoms with Crippen molar-refractivity contribution in [3.05, 3.63) is 35.6 Å². The van der Waals surface area contributed by atoms with Crippen molar-refractivity contribution < 1.29 is 13.9 Å². The van der Waals surface area contributed by atoms with Crippen molar-refractivity contribution in [1.82, 2.24) is 10.2 Å². The van der Waals surface area contributed by atoms with Gasteiger partial charge in [-0.3, -0.25) is 0 Å². The molecule has 1 saturated carbocycles. The molecule has 5 rings (SSSR count). The molecule has 3 heterocycles. The number of rotatable bonds is 3. The number of halogens is 1. The fourth-order valence-corrected chi connectivity index (χ4v) is 4.92. The number of carbonyl (C=O) groups is 1. The van der Waals surface area contributed by atoms with Gasteiger partial charge in [0, 0.05) is 24.9 Å². The van der Waals surface area contributed by atoms with Crippen molar-refractivity contribution in [3.63, 3.8) is 0 Å². The number of ether oxygens (including phenoxy) is 1. The molecule has 2 amide bonds. The van der Waals surface area contributed by atoms with E-state index < -0.39 is 0 Å². The first kappa shape index (κ1) is 14.7. The highest BCUT2D eigenvalue weighted by molar-refractivity contribution is 5.75. The van der Waals surface area contributed by atoms with Crippen LogP contribution in [0.5, 0.6) is 0 Å². The van der Waals surface area contributed by atoms with Gasteiger partial charge in [0.05, 0.1) is 18.2 Å². The van der Waals surface area contributed by atoms with Gasteiger partial charge in [-0.1, -0.05) is 12.1 Å². The van der Waals surface area contributed by atoms with Crippen LogP contribution in [0.1, 0.15) is 37.3 Å². The minimum atomic E-state index is -0.234. The predicted molar refractivity (Wildman–Crippen MR) is 86.8 cm³/mol. The molecule has 24 heavy (non-hydrogen) atoms. The van der Waals surface area contributed by atoms with Gasteiger partial charge >= 0.3 is 6.03 Å². The van der Waals surface area contributed by atoms with E-state index in [0.717, 1.165) is 44.3 Å². The first-order valence-electron chi connectivity index (χ1n) is 9.15. The number of amides is 2. The van der Waals surface area contributed by atoms with Crippen LogP contribution in [-0.4, -0.2) is 36.2 Å². The Morgan fingerprint density at radius 2 is 1.71 bits per heavy atom. The van der Waals surface area contributed by atoms with Crippen LogP contribution in [0.25, 0.3) is 0 Å². The highest BCUT2D eigenvalue weighted by Gasteiger charge is 2.54. The fraction of sp³-hybridized carbons (Fsp3) is 0.632. The molecule has 0 unspecified atom stereocenters. The number of hydrogen-bond acceptors (Lipinski definition) is 2. The molecule has 0 radical (unpaired) electrons. The Hall–Kier alpha value is -1.62. The van der Waals surface area contributed by atoms with Crippen LogP contribution < -0.4 is 5.32 Å². The van der Waals surface area contributed by atoms with Gasteiger partial charge < -0.3 is 15.0 Å². The minimum Gasteiger partial charge on any atom is -0.374 e. The van der Waals surface area contributed by atoms with E-state index in [4.69, 9.17) is 4.74 Å². The fourth-order valence-electron chi connectivity index (χ4n) is 4.92. The molecule has 1 N–H and O–H groups in total. The number of nitrogens with zero attached hydrogens (tertiary/aromatic N) is 1. The molecule has 3 saturated heterocycles. The van der Waals surface area contributed by atoms with Gasteiger partial charge in [-0.25, -0.2) is 9.18 Å². The van der Waals surface area contributed by atoms with Crippen molar-refractivity contribution in [2.24, 2.45) is 17.8 Å². The third-order valence-corrected chi connectivity index (χ3v) is 6.34. The summed E-state index contributed by atoms with van der Waals surface area (Å²) in [5.74, 6) is 1.31. The SMILES string of the molecule is O=C(N[C@H](c1ccc(F)cc1)C1CC1)N1C[C@@H]2[C@H](C1)[C@H]1CC[C@H]2O1. The van der Waals surface area contributed by atoms with Gasteiger partial charge in [0.15, 0.2) is 0 Å². The minimum absolute atomic E-state index is 0.00603. The second kappa shape index (κ2) is 5.45. The number of likely N-dealkylation sites (tertiary alicyclic amines) is 1. The van der Waals surface area contributed by atoms with Crippen molar-refractivity contribution in [2.45, 2.75) is 43.9 Å². The number of urea groups is 1. The van der Waals surface area contributed by atoms with Crippen LogP contribution in [0, 0.1) is 23.6 Å². The molecule has 128 valence electrons. The van der Waals surface area contributed by atoms with Gasteiger partial charge in [0.1, 0.15) is 5.82 Å². The van der Waals surface area contributed by atoms with Crippen LogP contribution in [0.2, 0.25) is 0 Å². The zero-order chi connectivity index (χ0) is 16.3. The van der Waals surface area contributed by atoms with Crippen LogP contribution in [-0.2, 0) is 4.74 Å². The number of nitrogens with one attached hydrogen (secondary N) is 1. The molecule has 4 aliphatic rings. The van der Waals surface area contributed by atoms with Crippen molar-refractivity contribution >= 4 is 6.03 Å². The third kappa shape index (κ3) is 2.41. The summed E-state index contributed by atoms with van der Waals surface area (Å²) in [6, 6.07) is 6.59. The summed E-state index contributed by atoms with van der Waals surface area (Å²) >= 11 is 0. The Bertz CT molecular complexity index is 627. The lowest BCUT2D eigenvalue weighted by Gasteiger charge is -2.25. The monoisotopic (exact) mass is 330 g/mol. The predicted octanol–water partition coefficient (Wildman–Crippen LogP) is 3.10. The smallest absolute Gasteiger partial charge is 0.317 e. The first-order valence-corrected chi connectivity index (χ1v) is 9.15. The van der Waals surface area contributed by atoms with Crippen molar-refractivity contribution in [2.75, 3.05) is 13.1 Å². The molecule has 4 fully saturated rings. The lowest BCUT2D eigenvalue weighted by Crippen LogP contribution is -2.42. The normalized spacial score (nSPS) is 35.1. The molecule has 1 aromatic rings. The first-order chi connectivity index (χ1) is 11.7. The Morgan fingerprint density at radius 3 is 2.29 bits per heavy atom. The van der Waals surface area contributed by atoms with Crippen LogP contribution in [0.4, 0.5) is 9.18 Å². The molecule has 1 aliphatic carbocycles. The van der Waals surface area contributed by atoms with Gasteiger partial charge in [0.25, 0.3) is 0 Å². The molecule has 0 aromatic heterocycles. The van der Waals surface area contributed by atoms with Crippen molar-refractivity contribution in [1.29, 1.82) is 0 Å². The number of benzene rings is 1. The average Bonchev–Trinajstić information content (AvgIpc) is 3.03. The van der Waals surface area contributed by atoms with E-state index >= 15 is 0 Å². The molecule has 5 heteroatoms. The Balaban J connectivity index is 1.28. The highest BCUT2D eigenvalue weighted by Crippen LogP contribution is 2.47. The number of hydrogen-bond donors (Lipinski definition) is 1. The third-order valence-electron chi connectivity index (χ3n) is 6.34. The van der Waals surface area contributed by atoms with E-state index in [1.807, 2.05) is 4.90 Å². The summed E-state index contributed by atoms with van der Waals surface area (Å²) in [6.07, 6.45) is 5.31. The maximum Gasteiger partial charge on any atom is 0.317 e. The largest absolute Gasteiger partial charge is 0.374 e. The Kier molecular flexibility index (Phi) is 3.34. The molecule has 1 aromatic carbocycles. The molecular formula is C19H23FN2O2. The van der Waals surface area contributed by atoms with Crippen LogP contribution >= 0.6 is 0 Å². The summed E-state index contributed by atoms with van der Waals surface area (Å²) in [4.78, 5) is 14.8. The lowest BCUT2D eigenvalue weighted by atomic mass is 9.82. The van der Waals surface area contributed by atoms with Crippen LogP contribution in [0.3, 0.4) is 0 Å². The van der Waals surface area contributed by atoms with Gasteiger partial charge in [-0.05, 0) is 49.3 Å². The maximum atomic E-state index is 13.2. The van der Waals surface area contributed by atoms with E-state index in [1.54, 1.807) is 12.1 Å². The second-order valence-corrected chi connectivity index (χ2v) is 7.84. The molecule has 4 nitrogen and oxygen atoms in total. The maximum absolute atomic E-state index is 13.2. The summed E-state index contributed by atoms with van der Waals surface area (Å²) < 4.78 is 19.2. The average molecular weight is 330 g/mol. The van der Waals surface area contributed by atoms with Gasteiger partial charge in [0.2, 0.25) is 0 Å². The molecule has 5 atom stereocenters. The molecular weight excluding hydrogens is 307 g/mol. The number of fused-ring (bicyclic) bond motifs is 5. The molecule has 3 aliphatic heterocycles. The Labute approximate surface area is 141 Å². The van der Waals surface area contributed by atoms with E-state index in [2.05, 4.69) is 5.32 Å². The van der Waals surface area contributed by atoms with Crippen LogP contribution in [0.15, 0.2) is 24.3 Å². The summed E-state index contributed by atoms with van der Waals surface area (Å²) in [5, 5.41) is 3.22. The zero-order valence-electron chi connectivity index (χ0n) is 13.7. The van der Waals surface area contributed by atoms with E-state index in [0.29, 0.717) is 30.0 Å². The highest BCUT2D eigenvalue weighted by atomic mass is 19.1. The molecule has 0 spiro atoms. The second-order valence-electron chi connectivity index (χ2n) is 7.84. The summed E-state index contributed by atoms with van der Waals surface area (Å²) in [5.41, 5.74) is 1.01. The van der Waals surface area contributed by atoms with E-state index in [-0.39, 0.29) is 17.9 Å². The van der Waals surface area contributed by atoms with E-state index in [9.17, 15) is 9.18 Å².